The minimum Gasteiger partial charge on any atom is -0.343 e. The van der Waals surface area contributed by atoms with Crippen LogP contribution in [0.5, 0.6) is 0 Å². The van der Waals surface area contributed by atoms with Crippen LogP contribution in [0.1, 0.15) is 30.8 Å². The fraction of sp³-hybridized carbons (Fsp3) is 0.333. The maximum absolute atomic E-state index is 13.6. The first-order valence-electron chi connectivity index (χ1n) is 5.54. The molecule has 90 valence electrons. The lowest BCUT2D eigenvalue weighted by Crippen LogP contribution is -2.21. The van der Waals surface area contributed by atoms with Gasteiger partial charge in [0.2, 0.25) is 6.39 Å². The third kappa shape index (κ3) is 2.88. The van der Waals surface area contributed by atoms with Crippen LogP contribution in [-0.2, 0) is 6.54 Å². The first-order valence-corrected chi connectivity index (χ1v) is 5.54. The van der Waals surface area contributed by atoms with Crippen molar-refractivity contribution in [3.8, 4) is 0 Å². The van der Waals surface area contributed by atoms with Gasteiger partial charge in [0.25, 0.3) is 0 Å². The molecule has 0 aliphatic carbocycles. The maximum atomic E-state index is 13.6. The number of hydrogen-bond acceptors (Lipinski definition) is 4. The Labute approximate surface area is 98.8 Å². The van der Waals surface area contributed by atoms with Gasteiger partial charge < -0.3 is 9.84 Å². The molecule has 17 heavy (non-hydrogen) atoms. The van der Waals surface area contributed by atoms with Crippen molar-refractivity contribution >= 4 is 0 Å². The molecule has 1 unspecified atom stereocenters. The summed E-state index contributed by atoms with van der Waals surface area (Å²) >= 11 is 0. The fourth-order valence-corrected chi connectivity index (χ4v) is 1.72. The number of nitrogens with zero attached hydrogens (tertiary/aromatic N) is 2. The van der Waals surface area contributed by atoms with Gasteiger partial charge >= 0.3 is 0 Å². The lowest BCUT2D eigenvalue weighted by atomic mass is 10.0. The second-order valence-corrected chi connectivity index (χ2v) is 3.71. The summed E-state index contributed by atoms with van der Waals surface area (Å²) in [6.07, 6.45) is 2.07. The zero-order valence-corrected chi connectivity index (χ0v) is 9.56. The SMILES string of the molecule is CCC(NCc1ncon1)c1ccccc1F. The Morgan fingerprint density at radius 1 is 1.41 bits per heavy atom. The van der Waals surface area contributed by atoms with E-state index in [4.69, 9.17) is 0 Å². The van der Waals surface area contributed by atoms with Gasteiger partial charge in [-0.25, -0.2) is 4.39 Å². The third-order valence-electron chi connectivity index (χ3n) is 2.60. The van der Waals surface area contributed by atoms with Gasteiger partial charge in [-0.05, 0) is 12.5 Å². The normalized spacial score (nSPS) is 12.6. The zero-order valence-electron chi connectivity index (χ0n) is 9.56. The molecule has 0 aliphatic heterocycles. The highest BCUT2D eigenvalue weighted by Crippen LogP contribution is 2.19. The van der Waals surface area contributed by atoms with Crippen LogP contribution in [0.4, 0.5) is 4.39 Å². The second kappa shape index (κ2) is 5.54. The van der Waals surface area contributed by atoms with E-state index < -0.39 is 0 Å². The molecule has 1 N–H and O–H groups in total. The summed E-state index contributed by atoms with van der Waals surface area (Å²) in [7, 11) is 0. The fourth-order valence-electron chi connectivity index (χ4n) is 1.72. The molecule has 0 spiro atoms. The van der Waals surface area contributed by atoms with E-state index in [0.29, 0.717) is 17.9 Å². The molecule has 1 aromatic heterocycles. The van der Waals surface area contributed by atoms with Crippen molar-refractivity contribution in [1.29, 1.82) is 0 Å². The molecule has 1 atom stereocenters. The van der Waals surface area contributed by atoms with Gasteiger partial charge in [-0.15, -0.1) is 0 Å². The molecule has 0 saturated heterocycles. The van der Waals surface area contributed by atoms with Crippen molar-refractivity contribution < 1.29 is 8.91 Å². The van der Waals surface area contributed by atoms with Crippen LogP contribution in [0.2, 0.25) is 0 Å². The van der Waals surface area contributed by atoms with Crippen LogP contribution in [0.25, 0.3) is 0 Å². The van der Waals surface area contributed by atoms with Crippen molar-refractivity contribution in [2.45, 2.75) is 25.9 Å². The Morgan fingerprint density at radius 3 is 2.88 bits per heavy atom. The second-order valence-electron chi connectivity index (χ2n) is 3.71. The zero-order chi connectivity index (χ0) is 12.1. The Balaban J connectivity index is 2.04. The molecule has 0 bridgehead atoms. The molecular weight excluding hydrogens is 221 g/mol. The molecule has 0 radical (unpaired) electrons. The van der Waals surface area contributed by atoms with E-state index in [9.17, 15) is 4.39 Å². The summed E-state index contributed by atoms with van der Waals surface area (Å²) < 4.78 is 18.2. The molecule has 1 aromatic carbocycles. The lowest BCUT2D eigenvalue weighted by molar-refractivity contribution is 0.402. The lowest BCUT2D eigenvalue weighted by Gasteiger charge is -2.16. The Morgan fingerprint density at radius 2 is 2.24 bits per heavy atom. The molecule has 0 aliphatic rings. The smallest absolute Gasteiger partial charge is 0.213 e. The van der Waals surface area contributed by atoms with Gasteiger partial charge in [-0.2, -0.15) is 4.98 Å². The van der Waals surface area contributed by atoms with Crippen molar-refractivity contribution in [2.75, 3.05) is 0 Å². The van der Waals surface area contributed by atoms with E-state index in [-0.39, 0.29) is 11.9 Å². The van der Waals surface area contributed by atoms with Crippen LogP contribution in [0.3, 0.4) is 0 Å². The summed E-state index contributed by atoms with van der Waals surface area (Å²) in [5.41, 5.74) is 0.665. The molecule has 2 aromatic rings. The molecule has 2 rings (SSSR count). The first-order chi connectivity index (χ1) is 8.31. The topological polar surface area (TPSA) is 51.0 Å². The summed E-state index contributed by atoms with van der Waals surface area (Å²) in [5, 5.41) is 6.90. The number of hydrogen-bond donors (Lipinski definition) is 1. The Bertz CT molecular complexity index is 459. The van der Waals surface area contributed by atoms with Gasteiger partial charge in [-0.1, -0.05) is 30.3 Å². The molecule has 4 nitrogen and oxygen atoms in total. The van der Waals surface area contributed by atoms with E-state index in [1.54, 1.807) is 12.1 Å². The maximum Gasteiger partial charge on any atom is 0.213 e. The minimum atomic E-state index is -0.194. The highest BCUT2D eigenvalue weighted by molar-refractivity contribution is 5.21. The van der Waals surface area contributed by atoms with E-state index in [1.165, 1.54) is 12.5 Å². The highest BCUT2D eigenvalue weighted by atomic mass is 19.1. The van der Waals surface area contributed by atoms with E-state index in [1.807, 2.05) is 13.0 Å². The van der Waals surface area contributed by atoms with Gasteiger partial charge in [-0.3, -0.25) is 0 Å². The number of benzene rings is 1. The first kappa shape index (κ1) is 11.7. The molecule has 0 amide bonds. The van der Waals surface area contributed by atoms with Crippen LogP contribution < -0.4 is 5.32 Å². The van der Waals surface area contributed by atoms with Gasteiger partial charge in [0, 0.05) is 11.6 Å². The van der Waals surface area contributed by atoms with Crippen molar-refractivity contribution in [2.24, 2.45) is 0 Å². The van der Waals surface area contributed by atoms with Crippen LogP contribution in [0.15, 0.2) is 35.2 Å². The standard InChI is InChI=1S/C12H14FN3O/c1-2-11(9-5-3-4-6-10(9)13)14-7-12-15-8-17-16-12/h3-6,8,11,14H,2,7H2,1H3. The predicted octanol–water partition coefficient (Wildman–Crippen LogP) is 2.45. The van der Waals surface area contributed by atoms with E-state index in [2.05, 4.69) is 20.0 Å². The van der Waals surface area contributed by atoms with Crippen molar-refractivity contribution in [3.05, 3.63) is 47.9 Å². The molecular formula is C12H14FN3O. The summed E-state index contributed by atoms with van der Waals surface area (Å²) in [6.45, 7) is 2.46. The summed E-state index contributed by atoms with van der Waals surface area (Å²) in [5.74, 6) is 0.375. The van der Waals surface area contributed by atoms with Crippen LogP contribution >= 0.6 is 0 Å². The van der Waals surface area contributed by atoms with E-state index >= 15 is 0 Å². The van der Waals surface area contributed by atoms with E-state index in [0.717, 1.165) is 6.42 Å². The quantitative estimate of drug-likeness (QED) is 0.864. The molecule has 0 fully saturated rings. The average molecular weight is 235 g/mol. The number of halogens is 1. The molecule has 5 heteroatoms. The highest BCUT2D eigenvalue weighted by Gasteiger charge is 2.13. The third-order valence-corrected chi connectivity index (χ3v) is 2.60. The average Bonchev–Trinajstić information content (AvgIpc) is 2.85. The Hall–Kier alpha value is -1.75. The van der Waals surface area contributed by atoms with Gasteiger partial charge in [0.15, 0.2) is 5.82 Å². The minimum absolute atomic E-state index is 0.0466. The largest absolute Gasteiger partial charge is 0.343 e. The predicted molar refractivity (Wildman–Crippen MR) is 60.6 cm³/mol. The van der Waals surface area contributed by atoms with Gasteiger partial charge in [0.05, 0.1) is 6.54 Å². The van der Waals surface area contributed by atoms with Crippen LogP contribution in [-0.4, -0.2) is 10.1 Å². The van der Waals surface area contributed by atoms with Gasteiger partial charge in [0.1, 0.15) is 5.82 Å². The number of rotatable bonds is 5. The molecule has 0 saturated carbocycles. The van der Waals surface area contributed by atoms with Crippen molar-refractivity contribution in [3.63, 3.8) is 0 Å². The number of nitrogens with one attached hydrogen (secondary N) is 1. The summed E-state index contributed by atoms with van der Waals surface area (Å²) in [4.78, 5) is 3.90. The van der Waals surface area contributed by atoms with Crippen LogP contribution in [0, 0.1) is 5.82 Å². The van der Waals surface area contributed by atoms with Crippen molar-refractivity contribution in [1.82, 2.24) is 15.5 Å². The Kier molecular flexibility index (Phi) is 3.82. The number of aromatic nitrogens is 2. The summed E-state index contributed by atoms with van der Waals surface area (Å²) in [6, 6.07) is 6.72. The monoisotopic (exact) mass is 235 g/mol. The molecule has 1 heterocycles.